The maximum atomic E-state index is 12.8. The number of rotatable bonds is 6. The molecule has 0 amide bonds. The fraction of sp³-hybridized carbons (Fsp3) is 0.211. The molecule has 2 N–H and O–H groups in total. The van der Waals surface area contributed by atoms with Crippen LogP contribution in [0.3, 0.4) is 0 Å². The molecule has 1 aromatic heterocycles. The van der Waals surface area contributed by atoms with Gasteiger partial charge in [-0.05, 0) is 24.3 Å². The average molecular weight is 426 g/mol. The first-order valence-corrected chi connectivity index (χ1v) is 8.86. The minimum Gasteiger partial charge on any atom is -0.493 e. The minimum absolute atomic E-state index is 0.0568. The fourth-order valence-electron chi connectivity index (χ4n) is 2.54. The molecule has 0 saturated heterocycles. The number of H-pyrrole nitrogens is 1. The summed E-state index contributed by atoms with van der Waals surface area (Å²) in [5.74, 6) is 0.335. The fourth-order valence-corrected chi connectivity index (χ4v) is 2.80. The number of aromatic nitrogens is 3. The second-order valence-electron chi connectivity index (χ2n) is 5.94. The van der Waals surface area contributed by atoms with Crippen molar-refractivity contribution < 1.29 is 23.0 Å². The first-order chi connectivity index (χ1) is 13.8. The van der Waals surface area contributed by atoms with Gasteiger partial charge >= 0.3 is 11.9 Å². The van der Waals surface area contributed by atoms with Gasteiger partial charge < -0.3 is 9.84 Å². The SMILES string of the molecule is O=c1nc(-c2ccc(C(F)(F)F)cc2)nc(-c2c(Cl)cccc2OCCCO)[nH]1. The predicted molar refractivity (Wildman–Crippen MR) is 101 cm³/mol. The number of hydrogen-bond donors (Lipinski definition) is 2. The lowest BCUT2D eigenvalue weighted by Gasteiger charge is -2.13. The smallest absolute Gasteiger partial charge is 0.416 e. The standard InChI is InChI=1S/C19H15ClF3N3O3/c20-13-3-1-4-14(29-10-2-9-27)15(13)17-24-16(25-18(28)26-17)11-5-7-12(8-6-11)19(21,22)23/h1,3-8,27H,2,9-10H2,(H,24,25,26,28). The minimum atomic E-state index is -4.48. The molecule has 10 heteroatoms. The highest BCUT2D eigenvalue weighted by Crippen LogP contribution is 2.35. The Morgan fingerprint density at radius 1 is 1.10 bits per heavy atom. The van der Waals surface area contributed by atoms with Gasteiger partial charge in [0.2, 0.25) is 0 Å². The van der Waals surface area contributed by atoms with Crippen molar-refractivity contribution >= 4 is 11.6 Å². The van der Waals surface area contributed by atoms with E-state index >= 15 is 0 Å². The quantitative estimate of drug-likeness (QED) is 0.584. The molecule has 0 bridgehead atoms. The van der Waals surface area contributed by atoms with Crippen LogP contribution in [0.1, 0.15) is 12.0 Å². The Labute approximate surface area is 168 Å². The first kappa shape index (κ1) is 20.8. The van der Waals surface area contributed by atoms with E-state index in [0.29, 0.717) is 17.7 Å². The Morgan fingerprint density at radius 3 is 2.48 bits per heavy atom. The van der Waals surface area contributed by atoms with Crippen molar-refractivity contribution in [1.82, 2.24) is 15.0 Å². The van der Waals surface area contributed by atoms with Crippen molar-refractivity contribution in [3.05, 3.63) is 63.5 Å². The van der Waals surface area contributed by atoms with Gasteiger partial charge in [0.05, 0.1) is 22.8 Å². The summed E-state index contributed by atoms with van der Waals surface area (Å²) in [6, 6.07) is 9.00. The molecule has 3 rings (SSSR count). The zero-order valence-electron chi connectivity index (χ0n) is 14.8. The van der Waals surface area contributed by atoms with Crippen LogP contribution in [0.5, 0.6) is 5.75 Å². The molecule has 152 valence electrons. The summed E-state index contributed by atoms with van der Waals surface area (Å²) < 4.78 is 43.9. The predicted octanol–water partition coefficient (Wildman–Crippen LogP) is 3.93. The Balaban J connectivity index is 2.04. The molecule has 0 aliphatic carbocycles. The highest BCUT2D eigenvalue weighted by atomic mass is 35.5. The van der Waals surface area contributed by atoms with Crippen molar-refractivity contribution in [3.63, 3.8) is 0 Å². The summed E-state index contributed by atoms with van der Waals surface area (Å²) in [6.07, 6.45) is -4.08. The van der Waals surface area contributed by atoms with Gasteiger partial charge in [-0.25, -0.2) is 9.78 Å². The number of nitrogens with one attached hydrogen (secondary N) is 1. The second-order valence-corrected chi connectivity index (χ2v) is 6.35. The van der Waals surface area contributed by atoms with Crippen LogP contribution in [0.15, 0.2) is 47.3 Å². The van der Waals surface area contributed by atoms with E-state index in [9.17, 15) is 18.0 Å². The Morgan fingerprint density at radius 2 is 1.83 bits per heavy atom. The van der Waals surface area contributed by atoms with Gasteiger partial charge in [0, 0.05) is 18.6 Å². The number of halogens is 4. The van der Waals surface area contributed by atoms with E-state index in [1.54, 1.807) is 18.2 Å². The maximum Gasteiger partial charge on any atom is 0.416 e. The van der Waals surface area contributed by atoms with E-state index in [1.165, 1.54) is 12.1 Å². The number of aromatic amines is 1. The Hall–Kier alpha value is -2.91. The molecule has 3 aromatic rings. The van der Waals surface area contributed by atoms with Gasteiger partial charge in [0.1, 0.15) is 11.6 Å². The normalized spacial score (nSPS) is 11.5. The molecule has 29 heavy (non-hydrogen) atoms. The largest absolute Gasteiger partial charge is 0.493 e. The summed E-state index contributed by atoms with van der Waals surface area (Å²) in [5.41, 5.74) is -1.02. The molecule has 0 spiro atoms. The molecule has 1 heterocycles. The molecule has 6 nitrogen and oxygen atoms in total. The maximum absolute atomic E-state index is 12.8. The molecular formula is C19H15ClF3N3O3. The summed E-state index contributed by atoms with van der Waals surface area (Å²) in [5, 5.41) is 9.16. The highest BCUT2D eigenvalue weighted by Gasteiger charge is 2.30. The number of ether oxygens (including phenoxy) is 1. The Bertz CT molecular complexity index is 1050. The number of benzene rings is 2. The second kappa shape index (κ2) is 8.62. The van der Waals surface area contributed by atoms with Crippen LogP contribution in [-0.2, 0) is 6.18 Å². The van der Waals surface area contributed by atoms with Crippen LogP contribution in [-0.4, -0.2) is 33.3 Å². The molecular weight excluding hydrogens is 411 g/mol. The zero-order chi connectivity index (χ0) is 21.0. The molecule has 0 radical (unpaired) electrons. The van der Waals surface area contributed by atoms with Crippen molar-refractivity contribution in [2.24, 2.45) is 0 Å². The summed E-state index contributed by atoms with van der Waals surface area (Å²) in [6.45, 7) is 0.156. The van der Waals surface area contributed by atoms with Crippen LogP contribution in [0.25, 0.3) is 22.8 Å². The van der Waals surface area contributed by atoms with Gasteiger partial charge in [-0.15, -0.1) is 0 Å². The van der Waals surface area contributed by atoms with Gasteiger partial charge in [0.25, 0.3) is 0 Å². The Kier molecular flexibility index (Phi) is 6.19. The van der Waals surface area contributed by atoms with Crippen molar-refractivity contribution in [2.45, 2.75) is 12.6 Å². The van der Waals surface area contributed by atoms with Crippen molar-refractivity contribution in [3.8, 4) is 28.5 Å². The van der Waals surface area contributed by atoms with Gasteiger partial charge in [0.15, 0.2) is 5.82 Å². The third-order valence-corrected chi connectivity index (χ3v) is 4.21. The van der Waals surface area contributed by atoms with Crippen molar-refractivity contribution in [1.29, 1.82) is 0 Å². The lowest BCUT2D eigenvalue weighted by atomic mass is 10.1. The number of aliphatic hydroxyl groups excluding tert-OH is 1. The van der Waals surface area contributed by atoms with Gasteiger partial charge in [-0.2, -0.15) is 18.2 Å². The van der Waals surface area contributed by atoms with Gasteiger partial charge in [-0.1, -0.05) is 29.8 Å². The zero-order valence-corrected chi connectivity index (χ0v) is 15.6. The number of hydrogen-bond acceptors (Lipinski definition) is 5. The number of aliphatic hydroxyl groups is 1. The van der Waals surface area contributed by atoms with E-state index in [0.717, 1.165) is 12.1 Å². The number of alkyl halides is 3. The molecule has 0 atom stereocenters. The molecule has 0 aliphatic rings. The van der Waals surface area contributed by atoms with E-state index in [4.69, 9.17) is 21.4 Å². The van der Waals surface area contributed by atoms with Crippen LogP contribution in [0.2, 0.25) is 5.02 Å². The van der Waals surface area contributed by atoms with E-state index in [2.05, 4.69) is 15.0 Å². The van der Waals surface area contributed by atoms with E-state index in [1.807, 2.05) is 0 Å². The van der Waals surface area contributed by atoms with Crippen LogP contribution >= 0.6 is 11.6 Å². The first-order valence-electron chi connectivity index (χ1n) is 8.48. The third-order valence-electron chi connectivity index (χ3n) is 3.89. The lowest BCUT2D eigenvalue weighted by molar-refractivity contribution is -0.137. The lowest BCUT2D eigenvalue weighted by Crippen LogP contribution is -2.15. The average Bonchev–Trinajstić information content (AvgIpc) is 2.67. The molecule has 0 fully saturated rings. The molecule has 2 aromatic carbocycles. The molecule has 0 saturated carbocycles. The van der Waals surface area contributed by atoms with Crippen LogP contribution in [0, 0.1) is 0 Å². The van der Waals surface area contributed by atoms with Crippen LogP contribution in [0.4, 0.5) is 13.2 Å². The number of nitrogens with zero attached hydrogens (tertiary/aromatic N) is 2. The third kappa shape index (κ3) is 4.93. The topological polar surface area (TPSA) is 88.1 Å². The molecule has 0 aliphatic heterocycles. The van der Waals surface area contributed by atoms with E-state index in [-0.39, 0.29) is 35.4 Å². The molecule has 0 unspecified atom stereocenters. The monoisotopic (exact) mass is 425 g/mol. The summed E-state index contributed by atoms with van der Waals surface area (Å²) in [7, 11) is 0. The van der Waals surface area contributed by atoms with Crippen LogP contribution < -0.4 is 10.4 Å². The highest BCUT2D eigenvalue weighted by molar-refractivity contribution is 6.33. The summed E-state index contributed by atoms with van der Waals surface area (Å²) >= 11 is 6.26. The summed E-state index contributed by atoms with van der Waals surface area (Å²) in [4.78, 5) is 22.5. The van der Waals surface area contributed by atoms with Gasteiger partial charge in [-0.3, -0.25) is 4.98 Å². The van der Waals surface area contributed by atoms with Crippen molar-refractivity contribution in [2.75, 3.05) is 13.2 Å². The van der Waals surface area contributed by atoms with E-state index < -0.39 is 17.4 Å².